The van der Waals surface area contributed by atoms with Crippen LogP contribution in [-0.2, 0) is 20.0 Å². The largest absolute Gasteiger partial charge is 0.313 e. The fourth-order valence-corrected chi connectivity index (χ4v) is 1.58. The van der Waals surface area contributed by atoms with E-state index < -0.39 is 0 Å². The molecule has 1 aromatic rings. The van der Waals surface area contributed by atoms with Crippen molar-refractivity contribution in [1.82, 2.24) is 15.1 Å². The topological polar surface area (TPSA) is 29.9 Å². The van der Waals surface area contributed by atoms with Crippen LogP contribution in [0.25, 0.3) is 0 Å². The molecular formula is C8H14ClN3. The third-order valence-electron chi connectivity index (χ3n) is 2.23. The molecule has 0 spiro atoms. The third kappa shape index (κ3) is 1.62. The molecule has 4 heteroatoms. The monoisotopic (exact) mass is 187 g/mol. The molecule has 2 heterocycles. The molecule has 0 bridgehead atoms. The molecule has 2 rings (SSSR count). The van der Waals surface area contributed by atoms with Gasteiger partial charge in [0.2, 0.25) is 0 Å². The number of halogens is 1. The zero-order valence-electron chi connectivity index (χ0n) is 7.21. The Labute approximate surface area is 78.6 Å². The molecule has 0 saturated carbocycles. The zero-order valence-corrected chi connectivity index (χ0v) is 8.02. The van der Waals surface area contributed by atoms with E-state index in [2.05, 4.69) is 10.4 Å². The molecule has 0 fully saturated rings. The molecule has 1 aliphatic rings. The molecule has 0 saturated heterocycles. The Hall–Kier alpha value is -0.540. The number of fused-ring (bicyclic) bond motifs is 1. The second-order valence-electron chi connectivity index (χ2n) is 3.02. The smallest absolute Gasteiger partial charge is 0.0537 e. The molecular weight excluding hydrogens is 174 g/mol. The number of hydrogen-bond acceptors (Lipinski definition) is 2. The van der Waals surface area contributed by atoms with Crippen LogP contribution in [0.1, 0.15) is 17.7 Å². The number of hydrogen-bond donors (Lipinski definition) is 1. The highest BCUT2D eigenvalue weighted by Crippen LogP contribution is 2.11. The van der Waals surface area contributed by atoms with Crippen molar-refractivity contribution in [3.05, 3.63) is 17.5 Å². The number of nitrogens with zero attached hydrogens (tertiary/aromatic N) is 2. The van der Waals surface area contributed by atoms with Gasteiger partial charge in [0.1, 0.15) is 0 Å². The highest BCUT2D eigenvalue weighted by atomic mass is 35.5. The molecule has 1 N–H and O–H groups in total. The van der Waals surface area contributed by atoms with Gasteiger partial charge in [0.05, 0.1) is 6.20 Å². The number of aryl methyl sites for hydroxylation is 1. The van der Waals surface area contributed by atoms with E-state index in [4.69, 9.17) is 0 Å². The van der Waals surface area contributed by atoms with Gasteiger partial charge in [-0.3, -0.25) is 4.68 Å². The first kappa shape index (κ1) is 9.55. The lowest BCUT2D eigenvalue weighted by Gasteiger charge is -1.98. The molecule has 3 nitrogen and oxygen atoms in total. The number of rotatable bonds is 0. The van der Waals surface area contributed by atoms with Crippen molar-refractivity contribution in [3.8, 4) is 0 Å². The van der Waals surface area contributed by atoms with E-state index in [1.807, 2.05) is 17.9 Å². The standard InChI is InChI=1S/C8H13N3.ClH/c1-11-8-3-2-4-9-5-7(8)6-10-11;/h6,9H,2-5H2,1H3;1H. The Kier molecular flexibility index (Phi) is 3.12. The van der Waals surface area contributed by atoms with Crippen LogP contribution in [0, 0.1) is 0 Å². The summed E-state index contributed by atoms with van der Waals surface area (Å²) in [6, 6.07) is 0. The summed E-state index contributed by atoms with van der Waals surface area (Å²) in [5.41, 5.74) is 2.76. The summed E-state index contributed by atoms with van der Waals surface area (Å²) in [6.07, 6.45) is 4.36. The van der Waals surface area contributed by atoms with Gasteiger partial charge >= 0.3 is 0 Å². The first-order valence-electron chi connectivity index (χ1n) is 4.08. The molecule has 1 aromatic heterocycles. The van der Waals surface area contributed by atoms with Gasteiger partial charge in [-0.25, -0.2) is 0 Å². The Bertz CT molecular complexity index is 257. The maximum absolute atomic E-state index is 4.22. The molecule has 1 aliphatic heterocycles. The van der Waals surface area contributed by atoms with Gasteiger partial charge in [-0.05, 0) is 19.4 Å². The van der Waals surface area contributed by atoms with Gasteiger partial charge in [-0.1, -0.05) is 0 Å². The van der Waals surface area contributed by atoms with E-state index in [0.29, 0.717) is 0 Å². The first-order chi connectivity index (χ1) is 5.38. The summed E-state index contributed by atoms with van der Waals surface area (Å²) in [5.74, 6) is 0. The quantitative estimate of drug-likeness (QED) is 0.654. The van der Waals surface area contributed by atoms with Gasteiger partial charge in [-0.15, -0.1) is 12.4 Å². The molecule has 12 heavy (non-hydrogen) atoms. The van der Waals surface area contributed by atoms with E-state index in [1.165, 1.54) is 24.1 Å². The maximum Gasteiger partial charge on any atom is 0.0537 e. The lowest BCUT2D eigenvalue weighted by Crippen LogP contribution is -2.11. The predicted octanol–water partition coefficient (Wildman–Crippen LogP) is 0.878. The highest BCUT2D eigenvalue weighted by molar-refractivity contribution is 5.85. The average molecular weight is 188 g/mol. The summed E-state index contributed by atoms with van der Waals surface area (Å²) in [6.45, 7) is 2.12. The molecule has 0 unspecified atom stereocenters. The normalized spacial score (nSPS) is 16.1. The summed E-state index contributed by atoms with van der Waals surface area (Å²) >= 11 is 0. The Morgan fingerprint density at radius 2 is 2.42 bits per heavy atom. The van der Waals surface area contributed by atoms with E-state index in [9.17, 15) is 0 Å². The van der Waals surface area contributed by atoms with Crippen LogP contribution in [0.3, 0.4) is 0 Å². The van der Waals surface area contributed by atoms with E-state index in [-0.39, 0.29) is 12.4 Å². The van der Waals surface area contributed by atoms with Crippen LogP contribution in [0.4, 0.5) is 0 Å². The SMILES string of the molecule is Cl.Cn1ncc2c1CCCNC2. The van der Waals surface area contributed by atoms with Crippen LogP contribution in [0.15, 0.2) is 6.20 Å². The van der Waals surface area contributed by atoms with Gasteiger partial charge < -0.3 is 5.32 Å². The van der Waals surface area contributed by atoms with Crippen LogP contribution >= 0.6 is 12.4 Å². The van der Waals surface area contributed by atoms with E-state index >= 15 is 0 Å². The van der Waals surface area contributed by atoms with Crippen molar-refractivity contribution < 1.29 is 0 Å². The summed E-state index contributed by atoms with van der Waals surface area (Å²) < 4.78 is 1.99. The van der Waals surface area contributed by atoms with Crippen LogP contribution in [-0.4, -0.2) is 16.3 Å². The van der Waals surface area contributed by atoms with Crippen molar-refractivity contribution in [2.24, 2.45) is 7.05 Å². The minimum absolute atomic E-state index is 0. The van der Waals surface area contributed by atoms with Crippen LogP contribution in [0.5, 0.6) is 0 Å². The fourth-order valence-electron chi connectivity index (χ4n) is 1.58. The van der Waals surface area contributed by atoms with Crippen molar-refractivity contribution in [2.75, 3.05) is 6.54 Å². The summed E-state index contributed by atoms with van der Waals surface area (Å²) in [5, 5.41) is 7.58. The second-order valence-corrected chi connectivity index (χ2v) is 3.02. The first-order valence-corrected chi connectivity index (χ1v) is 4.08. The van der Waals surface area contributed by atoms with E-state index in [1.54, 1.807) is 0 Å². The third-order valence-corrected chi connectivity index (χ3v) is 2.23. The molecule has 0 radical (unpaired) electrons. The van der Waals surface area contributed by atoms with Crippen LogP contribution < -0.4 is 5.32 Å². The molecule has 0 amide bonds. The lowest BCUT2D eigenvalue weighted by atomic mass is 10.2. The Balaban J connectivity index is 0.000000720. The van der Waals surface area contributed by atoms with Gasteiger partial charge in [-0.2, -0.15) is 5.10 Å². The zero-order chi connectivity index (χ0) is 7.68. The van der Waals surface area contributed by atoms with Gasteiger partial charge in [0.15, 0.2) is 0 Å². The minimum Gasteiger partial charge on any atom is -0.313 e. The number of aromatic nitrogens is 2. The number of nitrogens with one attached hydrogen (secondary N) is 1. The van der Waals surface area contributed by atoms with E-state index in [0.717, 1.165) is 13.1 Å². The molecule has 0 aliphatic carbocycles. The minimum atomic E-state index is 0. The maximum atomic E-state index is 4.22. The van der Waals surface area contributed by atoms with Crippen molar-refractivity contribution in [2.45, 2.75) is 19.4 Å². The lowest BCUT2D eigenvalue weighted by molar-refractivity contribution is 0.655. The van der Waals surface area contributed by atoms with Crippen molar-refractivity contribution in [3.63, 3.8) is 0 Å². The second kappa shape index (κ2) is 3.92. The Morgan fingerprint density at radius 3 is 3.25 bits per heavy atom. The summed E-state index contributed by atoms with van der Waals surface area (Å²) in [7, 11) is 2.02. The molecule has 0 aromatic carbocycles. The highest BCUT2D eigenvalue weighted by Gasteiger charge is 2.10. The molecule has 68 valence electrons. The van der Waals surface area contributed by atoms with Gasteiger partial charge in [0, 0.05) is 24.8 Å². The predicted molar refractivity (Wildman–Crippen MR) is 50.5 cm³/mol. The fraction of sp³-hybridized carbons (Fsp3) is 0.625. The Morgan fingerprint density at radius 1 is 1.58 bits per heavy atom. The average Bonchev–Trinajstić information content (AvgIpc) is 2.25. The van der Waals surface area contributed by atoms with Gasteiger partial charge in [0.25, 0.3) is 0 Å². The summed E-state index contributed by atoms with van der Waals surface area (Å²) in [4.78, 5) is 0. The molecule has 0 atom stereocenters. The van der Waals surface area contributed by atoms with Crippen LogP contribution in [0.2, 0.25) is 0 Å². The van der Waals surface area contributed by atoms with Crippen molar-refractivity contribution in [1.29, 1.82) is 0 Å². The van der Waals surface area contributed by atoms with Crippen molar-refractivity contribution >= 4 is 12.4 Å².